The van der Waals surface area contributed by atoms with Gasteiger partial charge in [0.25, 0.3) is 0 Å². The van der Waals surface area contributed by atoms with Gasteiger partial charge in [0.15, 0.2) is 11.6 Å². The predicted molar refractivity (Wildman–Crippen MR) is 71.8 cm³/mol. The van der Waals surface area contributed by atoms with Crippen molar-refractivity contribution in [2.75, 3.05) is 5.32 Å². The van der Waals surface area contributed by atoms with Gasteiger partial charge in [0.2, 0.25) is 5.91 Å². The molecule has 1 amide bonds. The molecule has 0 aliphatic carbocycles. The molecule has 0 atom stereocenters. The quantitative estimate of drug-likeness (QED) is 0.833. The topological polar surface area (TPSA) is 64.0 Å². The minimum Gasteiger partial charge on any atom is -0.309 e. The summed E-state index contributed by atoms with van der Waals surface area (Å²) in [7, 11) is 1.77. The van der Waals surface area contributed by atoms with Crippen LogP contribution >= 0.6 is 0 Å². The molecule has 1 N–H and O–H groups in total. The summed E-state index contributed by atoms with van der Waals surface area (Å²) >= 11 is 0. The number of carbonyl (C=O) groups is 2. The number of benzene rings is 1. The summed E-state index contributed by atoms with van der Waals surface area (Å²) in [5.41, 5.74) is 0.633. The minimum absolute atomic E-state index is 0.0308. The van der Waals surface area contributed by atoms with Gasteiger partial charge in [0.05, 0.1) is 0 Å². The smallest absolute Gasteiger partial charge is 0.226 e. The van der Waals surface area contributed by atoms with E-state index in [1.807, 2.05) is 6.07 Å². The Labute approximate surface area is 111 Å². The van der Waals surface area contributed by atoms with Crippen LogP contribution < -0.4 is 5.32 Å². The number of Topliss-reactive ketones (excluding diaryl/α,β-unsaturated/α-hetero) is 1. The van der Waals surface area contributed by atoms with Crippen LogP contribution in [0.2, 0.25) is 0 Å². The number of anilines is 1. The molecule has 0 unspecified atom stereocenters. The SMILES string of the molecule is Cn1ccc(NC(=O)CCC(=O)c2ccccc2)n1. The number of nitrogens with zero attached hydrogens (tertiary/aromatic N) is 2. The second kappa shape index (κ2) is 5.95. The first kappa shape index (κ1) is 13.0. The first-order valence-electron chi connectivity index (χ1n) is 6.03. The molecule has 0 radical (unpaired) electrons. The highest BCUT2D eigenvalue weighted by Gasteiger charge is 2.09. The van der Waals surface area contributed by atoms with Crippen molar-refractivity contribution < 1.29 is 9.59 Å². The van der Waals surface area contributed by atoms with Crippen LogP contribution in [-0.2, 0) is 11.8 Å². The predicted octanol–water partition coefficient (Wildman–Crippen LogP) is 2.02. The molecule has 0 bridgehead atoms. The Morgan fingerprint density at radius 3 is 2.53 bits per heavy atom. The Balaban J connectivity index is 1.82. The minimum atomic E-state index is -0.206. The highest BCUT2D eigenvalue weighted by molar-refractivity contribution is 5.99. The van der Waals surface area contributed by atoms with E-state index in [2.05, 4.69) is 10.4 Å². The molecule has 0 saturated carbocycles. The second-order valence-electron chi connectivity index (χ2n) is 4.21. The van der Waals surface area contributed by atoms with Gasteiger partial charge in [-0.3, -0.25) is 14.3 Å². The maximum atomic E-state index is 11.8. The van der Waals surface area contributed by atoms with Gasteiger partial charge in [-0.25, -0.2) is 0 Å². The fourth-order valence-corrected chi connectivity index (χ4v) is 1.68. The zero-order valence-electron chi connectivity index (χ0n) is 10.7. The van der Waals surface area contributed by atoms with Gasteiger partial charge in [0, 0.05) is 37.7 Å². The number of carbonyl (C=O) groups excluding carboxylic acids is 2. The van der Waals surface area contributed by atoms with Crippen LogP contribution in [0, 0.1) is 0 Å². The van der Waals surface area contributed by atoms with Gasteiger partial charge >= 0.3 is 0 Å². The molecule has 98 valence electrons. The van der Waals surface area contributed by atoms with E-state index in [1.165, 1.54) is 0 Å². The highest BCUT2D eigenvalue weighted by Crippen LogP contribution is 2.07. The average Bonchev–Trinajstić information content (AvgIpc) is 2.82. The molecule has 5 nitrogen and oxygen atoms in total. The summed E-state index contributed by atoms with van der Waals surface area (Å²) in [6.45, 7) is 0. The van der Waals surface area contributed by atoms with Gasteiger partial charge in [-0.1, -0.05) is 30.3 Å². The standard InChI is InChI=1S/C14H15N3O2/c1-17-10-9-13(16-17)15-14(19)8-7-12(18)11-5-3-2-4-6-11/h2-6,9-10H,7-8H2,1H3,(H,15,16,19). The van der Waals surface area contributed by atoms with Crippen LogP contribution in [-0.4, -0.2) is 21.5 Å². The highest BCUT2D eigenvalue weighted by atomic mass is 16.2. The lowest BCUT2D eigenvalue weighted by molar-refractivity contribution is -0.116. The number of nitrogens with one attached hydrogen (secondary N) is 1. The van der Waals surface area contributed by atoms with E-state index < -0.39 is 0 Å². The average molecular weight is 257 g/mol. The normalized spacial score (nSPS) is 10.2. The zero-order chi connectivity index (χ0) is 13.7. The number of hydrogen-bond donors (Lipinski definition) is 1. The molecular weight excluding hydrogens is 242 g/mol. The molecule has 1 heterocycles. The Morgan fingerprint density at radius 2 is 1.89 bits per heavy atom. The van der Waals surface area contributed by atoms with Crippen LogP contribution in [0.3, 0.4) is 0 Å². The summed E-state index contributed by atoms with van der Waals surface area (Å²) in [5.74, 6) is 0.263. The molecule has 0 aliphatic rings. The van der Waals surface area contributed by atoms with Crippen molar-refractivity contribution >= 4 is 17.5 Å². The third-order valence-electron chi connectivity index (χ3n) is 2.66. The van der Waals surface area contributed by atoms with E-state index >= 15 is 0 Å². The van der Waals surface area contributed by atoms with Gasteiger partial charge < -0.3 is 5.32 Å². The van der Waals surface area contributed by atoms with E-state index in [0.29, 0.717) is 11.4 Å². The van der Waals surface area contributed by atoms with Crippen molar-refractivity contribution in [2.45, 2.75) is 12.8 Å². The molecule has 2 aromatic rings. The van der Waals surface area contributed by atoms with Gasteiger partial charge in [-0.2, -0.15) is 5.10 Å². The molecule has 1 aromatic heterocycles. The van der Waals surface area contributed by atoms with Crippen molar-refractivity contribution in [3.63, 3.8) is 0 Å². The van der Waals surface area contributed by atoms with Crippen molar-refractivity contribution in [3.8, 4) is 0 Å². The number of rotatable bonds is 5. The van der Waals surface area contributed by atoms with E-state index in [9.17, 15) is 9.59 Å². The molecule has 2 rings (SSSR count). The largest absolute Gasteiger partial charge is 0.309 e. The Kier molecular flexibility index (Phi) is 4.07. The lowest BCUT2D eigenvalue weighted by atomic mass is 10.1. The van der Waals surface area contributed by atoms with Crippen molar-refractivity contribution in [1.29, 1.82) is 0 Å². The molecule has 5 heteroatoms. The van der Waals surface area contributed by atoms with Gasteiger partial charge in [-0.15, -0.1) is 0 Å². The number of ketones is 1. The Bertz CT molecular complexity index is 575. The number of aryl methyl sites for hydroxylation is 1. The molecular formula is C14H15N3O2. The molecule has 19 heavy (non-hydrogen) atoms. The monoisotopic (exact) mass is 257 g/mol. The number of amides is 1. The van der Waals surface area contributed by atoms with E-state index in [-0.39, 0.29) is 24.5 Å². The fourth-order valence-electron chi connectivity index (χ4n) is 1.68. The summed E-state index contributed by atoms with van der Waals surface area (Å²) in [4.78, 5) is 23.5. The Morgan fingerprint density at radius 1 is 1.16 bits per heavy atom. The van der Waals surface area contributed by atoms with Crippen LogP contribution in [0.4, 0.5) is 5.82 Å². The molecule has 0 aliphatic heterocycles. The molecule has 0 fully saturated rings. The number of aromatic nitrogens is 2. The zero-order valence-corrected chi connectivity index (χ0v) is 10.7. The fraction of sp³-hybridized carbons (Fsp3) is 0.214. The van der Waals surface area contributed by atoms with Crippen LogP contribution in [0.15, 0.2) is 42.6 Å². The first-order valence-corrected chi connectivity index (χ1v) is 6.03. The van der Waals surface area contributed by atoms with E-state index in [4.69, 9.17) is 0 Å². The lowest BCUT2D eigenvalue weighted by Gasteiger charge is -2.02. The third-order valence-corrected chi connectivity index (χ3v) is 2.66. The van der Waals surface area contributed by atoms with Gasteiger partial charge in [-0.05, 0) is 0 Å². The Hall–Kier alpha value is -2.43. The third kappa shape index (κ3) is 3.77. The summed E-state index contributed by atoms with van der Waals surface area (Å²) in [5, 5.41) is 6.68. The van der Waals surface area contributed by atoms with Crippen molar-refractivity contribution in [1.82, 2.24) is 9.78 Å². The van der Waals surface area contributed by atoms with Crippen molar-refractivity contribution in [2.24, 2.45) is 7.05 Å². The van der Waals surface area contributed by atoms with Crippen molar-refractivity contribution in [3.05, 3.63) is 48.2 Å². The maximum Gasteiger partial charge on any atom is 0.226 e. The summed E-state index contributed by atoms with van der Waals surface area (Å²) in [6.07, 6.45) is 2.09. The second-order valence-corrected chi connectivity index (χ2v) is 4.21. The molecule has 0 spiro atoms. The first-order chi connectivity index (χ1) is 9.15. The molecule has 1 aromatic carbocycles. The van der Waals surface area contributed by atoms with E-state index in [1.54, 1.807) is 48.3 Å². The lowest BCUT2D eigenvalue weighted by Crippen LogP contribution is -2.14. The van der Waals surface area contributed by atoms with Crippen LogP contribution in [0.25, 0.3) is 0 Å². The van der Waals surface area contributed by atoms with Crippen LogP contribution in [0.1, 0.15) is 23.2 Å². The summed E-state index contributed by atoms with van der Waals surface area (Å²) < 4.78 is 1.60. The maximum absolute atomic E-state index is 11.8. The van der Waals surface area contributed by atoms with Crippen LogP contribution in [0.5, 0.6) is 0 Å². The molecule has 0 saturated heterocycles. The van der Waals surface area contributed by atoms with E-state index in [0.717, 1.165) is 0 Å². The summed E-state index contributed by atoms with van der Waals surface area (Å²) in [6, 6.07) is 10.7. The van der Waals surface area contributed by atoms with Gasteiger partial charge in [0.1, 0.15) is 0 Å². The number of hydrogen-bond acceptors (Lipinski definition) is 3.